The third-order valence-corrected chi connectivity index (χ3v) is 7.61. The zero-order chi connectivity index (χ0) is 37.8. The number of fused-ring (bicyclic) bond motifs is 1. The monoisotopic (exact) mass is 757 g/mol. The molecule has 18 heteroatoms. The van der Waals surface area contributed by atoms with Crippen LogP contribution in [0, 0.1) is 0 Å². The van der Waals surface area contributed by atoms with E-state index in [-0.39, 0.29) is 30.6 Å². The van der Waals surface area contributed by atoms with Gasteiger partial charge in [-0.3, -0.25) is 29.4 Å². The second-order valence-electron chi connectivity index (χ2n) is 11.4. The van der Waals surface area contributed by atoms with Crippen LogP contribution in [0.25, 0.3) is 0 Å². The molecule has 0 bridgehead atoms. The van der Waals surface area contributed by atoms with Crippen molar-refractivity contribution in [3.63, 3.8) is 0 Å². The second-order valence-corrected chi connectivity index (χ2v) is 11.4. The molecular weight excluding hydrogens is 702 g/mol. The van der Waals surface area contributed by atoms with Crippen molar-refractivity contribution in [1.82, 2.24) is 10.2 Å². The Hall–Kier alpha value is -3.14. The average Bonchev–Trinajstić information content (AvgIpc) is 3.41. The van der Waals surface area contributed by atoms with Crippen LogP contribution in [0.15, 0.2) is 18.2 Å². The fourth-order valence-electron chi connectivity index (χ4n) is 5.07. The van der Waals surface area contributed by atoms with Gasteiger partial charge in [-0.25, -0.2) is 0 Å². The minimum Gasteiger partial charge on any atom is -0.394 e. The molecule has 2 heterocycles. The molecule has 1 aromatic carbocycles. The van der Waals surface area contributed by atoms with Gasteiger partial charge in [0.2, 0.25) is 11.8 Å². The summed E-state index contributed by atoms with van der Waals surface area (Å²) in [6.45, 7) is 9.23. The van der Waals surface area contributed by atoms with Crippen LogP contribution in [0.5, 0.6) is 0 Å². The molecule has 3 N–H and O–H groups in total. The number of hydrogen-bond donors (Lipinski definition) is 3. The molecule has 1 unspecified atom stereocenters. The Morgan fingerprint density at radius 2 is 1.00 bits per heavy atom. The average molecular weight is 758 g/mol. The van der Waals surface area contributed by atoms with Crippen molar-refractivity contribution in [1.29, 1.82) is 0 Å². The van der Waals surface area contributed by atoms with Gasteiger partial charge in [-0.2, -0.15) is 0 Å². The van der Waals surface area contributed by atoms with Gasteiger partial charge in [0.1, 0.15) is 6.04 Å². The minimum atomic E-state index is -1.01. The van der Waals surface area contributed by atoms with Crippen LogP contribution in [-0.2, 0) is 57.0 Å². The van der Waals surface area contributed by atoms with Crippen molar-refractivity contribution in [3.8, 4) is 0 Å². The van der Waals surface area contributed by atoms with Gasteiger partial charge in [-0.15, -0.1) is 0 Å². The molecule has 4 amide bonds. The largest absolute Gasteiger partial charge is 0.394 e. The molecule has 2 aliphatic heterocycles. The van der Waals surface area contributed by atoms with Crippen molar-refractivity contribution in [2.24, 2.45) is 0 Å². The molecule has 3 rings (SSSR count). The van der Waals surface area contributed by atoms with Crippen LogP contribution >= 0.6 is 0 Å². The highest BCUT2D eigenvalue weighted by Gasteiger charge is 2.45. The Morgan fingerprint density at radius 1 is 0.585 bits per heavy atom. The van der Waals surface area contributed by atoms with Crippen LogP contribution in [0.4, 0.5) is 5.69 Å². The maximum absolute atomic E-state index is 13.1. The van der Waals surface area contributed by atoms with E-state index in [9.17, 15) is 19.2 Å². The molecule has 1 saturated heterocycles. The molecule has 0 aromatic heterocycles. The lowest BCUT2D eigenvalue weighted by atomic mass is 10.0. The maximum Gasteiger partial charge on any atom is 0.264 e. The topological polar surface area (TPSA) is 208 Å². The van der Waals surface area contributed by atoms with Crippen molar-refractivity contribution in [2.75, 3.05) is 151 Å². The van der Waals surface area contributed by atoms with Crippen LogP contribution in [0.2, 0.25) is 0 Å². The molecule has 1 fully saturated rings. The molecular formula is C35H55N3O15. The number of benzene rings is 1. The fourth-order valence-corrected chi connectivity index (χ4v) is 5.07. The van der Waals surface area contributed by atoms with E-state index in [1.165, 1.54) is 0 Å². The van der Waals surface area contributed by atoms with Crippen LogP contribution in [-0.4, -0.2) is 185 Å². The van der Waals surface area contributed by atoms with Gasteiger partial charge >= 0.3 is 0 Å². The van der Waals surface area contributed by atoms with Crippen LogP contribution in [0.3, 0.4) is 0 Å². The molecule has 0 saturated carbocycles. The van der Waals surface area contributed by atoms with E-state index in [0.717, 1.165) is 4.90 Å². The lowest BCUT2D eigenvalue weighted by Crippen LogP contribution is -2.54. The number of ether oxygens (including phenoxy) is 10. The van der Waals surface area contributed by atoms with Crippen molar-refractivity contribution >= 4 is 29.3 Å². The highest BCUT2D eigenvalue weighted by atomic mass is 16.6. The molecule has 53 heavy (non-hydrogen) atoms. The standard InChI is InChI=1S/C35H55N3O15/c39-7-9-45-11-13-47-15-17-49-19-21-51-23-25-53-27-26-52-24-22-50-20-18-48-16-14-46-12-10-44-8-6-36-29-3-1-2-28-32(29)35(43)38(34(28)42)30-4-5-31(40)37-33(30)41/h1-3,30,36,39H,4-27H2,(H,37,40,41). The third kappa shape index (κ3) is 17.7. The summed E-state index contributed by atoms with van der Waals surface area (Å²) in [5.74, 6) is -2.17. The lowest BCUT2D eigenvalue weighted by molar-refractivity contribution is -0.136. The number of aliphatic hydroxyl groups is 1. The third-order valence-electron chi connectivity index (χ3n) is 7.61. The zero-order valence-electron chi connectivity index (χ0n) is 30.4. The number of nitrogens with zero attached hydrogens (tertiary/aromatic N) is 1. The Kier molecular flexibility index (Phi) is 23.7. The Morgan fingerprint density at radius 3 is 1.42 bits per heavy atom. The first kappa shape index (κ1) is 44.3. The van der Waals surface area contributed by atoms with Gasteiger partial charge in [0, 0.05) is 18.7 Å². The second kappa shape index (κ2) is 28.3. The fraction of sp³-hybridized carbons (Fsp3) is 0.714. The highest BCUT2D eigenvalue weighted by molar-refractivity contribution is 6.25. The van der Waals surface area contributed by atoms with E-state index < -0.39 is 29.7 Å². The molecule has 0 spiro atoms. The summed E-state index contributed by atoms with van der Waals surface area (Å²) in [6, 6.07) is 3.90. The molecule has 1 atom stereocenters. The first-order valence-corrected chi connectivity index (χ1v) is 18.0. The number of aliphatic hydroxyl groups excluding tert-OH is 1. The quantitative estimate of drug-likeness (QED) is 0.0607. The molecule has 0 radical (unpaired) electrons. The van der Waals surface area contributed by atoms with E-state index in [1.807, 2.05) is 0 Å². The number of hydrogen-bond acceptors (Lipinski definition) is 16. The first-order chi connectivity index (χ1) is 26.0. The predicted molar refractivity (Wildman–Crippen MR) is 187 cm³/mol. The number of carbonyl (C=O) groups excluding carboxylic acids is 4. The Bertz CT molecular complexity index is 1210. The maximum atomic E-state index is 13.1. The van der Waals surface area contributed by atoms with Gasteiger partial charge in [0.15, 0.2) is 0 Å². The van der Waals surface area contributed by atoms with Crippen LogP contribution < -0.4 is 10.6 Å². The number of anilines is 1. The molecule has 18 nitrogen and oxygen atoms in total. The van der Waals surface area contributed by atoms with Crippen molar-refractivity contribution in [3.05, 3.63) is 29.3 Å². The molecule has 2 aliphatic rings. The van der Waals surface area contributed by atoms with Gasteiger partial charge in [-0.05, 0) is 18.6 Å². The zero-order valence-corrected chi connectivity index (χ0v) is 30.4. The van der Waals surface area contributed by atoms with E-state index in [4.69, 9.17) is 52.5 Å². The summed E-state index contributed by atoms with van der Waals surface area (Å²) in [7, 11) is 0. The number of rotatable bonds is 34. The summed E-state index contributed by atoms with van der Waals surface area (Å²) in [6.07, 6.45) is 0.167. The smallest absolute Gasteiger partial charge is 0.264 e. The van der Waals surface area contributed by atoms with Gasteiger partial charge in [0.05, 0.1) is 150 Å². The Balaban J connectivity index is 1.03. The molecule has 0 aliphatic carbocycles. The minimum absolute atomic E-state index is 0.0124. The van der Waals surface area contributed by atoms with Crippen LogP contribution in [0.1, 0.15) is 33.6 Å². The predicted octanol–water partition coefficient (Wildman–Crippen LogP) is -0.342. The van der Waals surface area contributed by atoms with Gasteiger partial charge in [-0.1, -0.05) is 6.07 Å². The van der Waals surface area contributed by atoms with E-state index in [1.54, 1.807) is 18.2 Å². The summed E-state index contributed by atoms with van der Waals surface area (Å²) in [5, 5.41) is 13.9. The number of piperidine rings is 1. The number of carbonyl (C=O) groups is 4. The summed E-state index contributed by atoms with van der Waals surface area (Å²) < 4.78 is 54.2. The summed E-state index contributed by atoms with van der Waals surface area (Å²) in [5.41, 5.74) is 0.902. The normalized spacial score (nSPS) is 15.7. The summed E-state index contributed by atoms with van der Waals surface area (Å²) >= 11 is 0. The van der Waals surface area contributed by atoms with Crippen molar-refractivity contribution in [2.45, 2.75) is 18.9 Å². The van der Waals surface area contributed by atoms with Gasteiger partial charge in [0.25, 0.3) is 11.8 Å². The summed E-state index contributed by atoms with van der Waals surface area (Å²) in [4.78, 5) is 50.8. The lowest BCUT2D eigenvalue weighted by Gasteiger charge is -2.27. The van der Waals surface area contributed by atoms with Gasteiger partial charge < -0.3 is 57.8 Å². The van der Waals surface area contributed by atoms with Crippen molar-refractivity contribution < 1.29 is 71.7 Å². The van der Waals surface area contributed by atoms with E-state index >= 15 is 0 Å². The highest BCUT2D eigenvalue weighted by Crippen LogP contribution is 2.32. The SMILES string of the molecule is O=C1CCC(N2C(=O)c3cccc(NCCOCCOCCOCCOCCOCCOCCOCCOCCOCCOCCO)c3C2=O)C(=O)N1. The molecule has 1 aromatic rings. The Labute approximate surface area is 309 Å². The van der Waals surface area contributed by atoms with E-state index in [0.29, 0.717) is 144 Å². The number of nitrogens with one attached hydrogen (secondary N) is 2. The number of amides is 4. The first-order valence-electron chi connectivity index (χ1n) is 18.0. The number of imide groups is 2. The molecule has 300 valence electrons. The van der Waals surface area contributed by atoms with E-state index in [2.05, 4.69) is 10.6 Å².